The first-order valence-corrected chi connectivity index (χ1v) is 7.73. The maximum atomic E-state index is 13.2. The van der Waals surface area contributed by atoms with Crippen molar-refractivity contribution in [1.29, 1.82) is 0 Å². The molecule has 0 unspecified atom stereocenters. The zero-order valence-corrected chi connectivity index (χ0v) is 12.6. The van der Waals surface area contributed by atoms with Crippen LogP contribution in [-0.2, 0) is 6.54 Å². The van der Waals surface area contributed by atoms with Crippen LogP contribution in [-0.4, -0.2) is 48.1 Å². The molecule has 0 saturated carbocycles. The van der Waals surface area contributed by atoms with E-state index < -0.39 is 5.82 Å². The molecular weight excluding hydrogens is 293 g/mol. The standard InChI is InChI=1S/C15H19ClFN3O/c16-13-9-11(1-2-14(13)17)10-19-7-8-20(15(19)21)12-3-5-18-6-4-12/h1-2,9,12,18H,3-8,10H2. The van der Waals surface area contributed by atoms with Crippen LogP contribution in [0.3, 0.4) is 0 Å². The van der Waals surface area contributed by atoms with E-state index in [0.29, 0.717) is 12.6 Å². The minimum Gasteiger partial charge on any atom is -0.320 e. The highest BCUT2D eigenvalue weighted by atomic mass is 35.5. The van der Waals surface area contributed by atoms with Crippen LogP contribution in [0.5, 0.6) is 0 Å². The number of carbonyl (C=O) groups is 1. The Morgan fingerprint density at radius 2 is 2.05 bits per heavy atom. The van der Waals surface area contributed by atoms with Crippen LogP contribution in [0.25, 0.3) is 0 Å². The van der Waals surface area contributed by atoms with E-state index in [1.807, 2.05) is 9.80 Å². The maximum Gasteiger partial charge on any atom is 0.320 e. The molecule has 2 heterocycles. The van der Waals surface area contributed by atoms with Gasteiger partial charge < -0.3 is 15.1 Å². The van der Waals surface area contributed by atoms with Gasteiger partial charge in [0.25, 0.3) is 0 Å². The van der Waals surface area contributed by atoms with Gasteiger partial charge in [-0.15, -0.1) is 0 Å². The molecule has 114 valence electrons. The summed E-state index contributed by atoms with van der Waals surface area (Å²) in [4.78, 5) is 16.3. The number of urea groups is 1. The lowest BCUT2D eigenvalue weighted by molar-refractivity contribution is 0.165. The Morgan fingerprint density at radius 1 is 1.29 bits per heavy atom. The van der Waals surface area contributed by atoms with Crippen LogP contribution in [0.2, 0.25) is 5.02 Å². The normalized spacial score (nSPS) is 20.4. The summed E-state index contributed by atoms with van der Waals surface area (Å²) in [6, 6.07) is 5.06. The fraction of sp³-hybridized carbons (Fsp3) is 0.533. The molecule has 2 aliphatic rings. The van der Waals surface area contributed by atoms with Crippen molar-refractivity contribution in [1.82, 2.24) is 15.1 Å². The van der Waals surface area contributed by atoms with E-state index >= 15 is 0 Å². The predicted molar refractivity (Wildman–Crippen MR) is 79.8 cm³/mol. The third-order valence-corrected chi connectivity index (χ3v) is 4.52. The Bertz CT molecular complexity index is 534. The Labute approximate surface area is 128 Å². The van der Waals surface area contributed by atoms with Gasteiger partial charge in [-0.05, 0) is 43.6 Å². The van der Waals surface area contributed by atoms with Crippen molar-refractivity contribution in [3.63, 3.8) is 0 Å². The lowest BCUT2D eigenvalue weighted by Gasteiger charge is -2.31. The van der Waals surface area contributed by atoms with Crippen LogP contribution < -0.4 is 5.32 Å². The lowest BCUT2D eigenvalue weighted by atomic mass is 10.1. The number of hydrogen-bond acceptors (Lipinski definition) is 2. The zero-order valence-electron chi connectivity index (χ0n) is 11.8. The van der Waals surface area contributed by atoms with Crippen molar-refractivity contribution < 1.29 is 9.18 Å². The molecule has 0 aliphatic carbocycles. The molecule has 21 heavy (non-hydrogen) atoms. The number of nitrogens with one attached hydrogen (secondary N) is 1. The minimum absolute atomic E-state index is 0.0855. The summed E-state index contributed by atoms with van der Waals surface area (Å²) in [5.41, 5.74) is 0.863. The van der Waals surface area contributed by atoms with Gasteiger partial charge in [-0.2, -0.15) is 0 Å². The first-order chi connectivity index (χ1) is 10.1. The first-order valence-electron chi connectivity index (χ1n) is 7.35. The van der Waals surface area contributed by atoms with Gasteiger partial charge in [0.15, 0.2) is 0 Å². The number of amides is 2. The largest absolute Gasteiger partial charge is 0.320 e. The van der Waals surface area contributed by atoms with Gasteiger partial charge in [-0.1, -0.05) is 17.7 Å². The average Bonchev–Trinajstić information content (AvgIpc) is 2.85. The van der Waals surface area contributed by atoms with Crippen LogP contribution in [0.15, 0.2) is 18.2 Å². The van der Waals surface area contributed by atoms with E-state index in [4.69, 9.17) is 11.6 Å². The molecule has 2 fully saturated rings. The molecule has 1 N–H and O–H groups in total. The molecule has 2 amide bonds. The molecule has 1 aromatic rings. The number of rotatable bonds is 3. The number of carbonyl (C=O) groups excluding carboxylic acids is 1. The number of benzene rings is 1. The molecule has 0 radical (unpaired) electrons. The van der Waals surface area contributed by atoms with Crippen LogP contribution in [0, 0.1) is 5.82 Å². The molecule has 4 nitrogen and oxygen atoms in total. The van der Waals surface area contributed by atoms with Crippen LogP contribution in [0.1, 0.15) is 18.4 Å². The summed E-state index contributed by atoms with van der Waals surface area (Å²) in [5, 5.41) is 3.42. The summed E-state index contributed by atoms with van der Waals surface area (Å²) in [7, 11) is 0. The summed E-state index contributed by atoms with van der Waals surface area (Å²) < 4.78 is 13.2. The van der Waals surface area contributed by atoms with Crippen molar-refractivity contribution >= 4 is 17.6 Å². The van der Waals surface area contributed by atoms with Crippen molar-refractivity contribution in [3.8, 4) is 0 Å². The van der Waals surface area contributed by atoms with Gasteiger partial charge in [0.2, 0.25) is 0 Å². The van der Waals surface area contributed by atoms with Crippen molar-refractivity contribution in [2.75, 3.05) is 26.2 Å². The first kappa shape index (κ1) is 14.6. The van der Waals surface area contributed by atoms with E-state index in [1.165, 1.54) is 6.07 Å². The summed E-state index contributed by atoms with van der Waals surface area (Å²) >= 11 is 5.79. The second-order valence-electron chi connectivity index (χ2n) is 5.63. The maximum absolute atomic E-state index is 13.2. The topological polar surface area (TPSA) is 35.6 Å². The third-order valence-electron chi connectivity index (χ3n) is 4.23. The SMILES string of the molecule is O=C1N(Cc2ccc(F)c(Cl)c2)CCN1C1CCNCC1. The highest BCUT2D eigenvalue weighted by Gasteiger charge is 2.33. The number of piperidine rings is 1. The molecule has 3 rings (SSSR count). The fourth-order valence-electron chi connectivity index (χ4n) is 3.06. The molecule has 2 aliphatic heterocycles. The quantitative estimate of drug-likeness (QED) is 0.931. The van der Waals surface area contributed by atoms with E-state index in [-0.39, 0.29) is 11.1 Å². The highest BCUT2D eigenvalue weighted by molar-refractivity contribution is 6.30. The monoisotopic (exact) mass is 311 g/mol. The molecule has 2 saturated heterocycles. The predicted octanol–water partition coefficient (Wildman–Crippen LogP) is 2.47. The van der Waals surface area contributed by atoms with E-state index in [0.717, 1.165) is 44.6 Å². The zero-order chi connectivity index (χ0) is 14.8. The molecule has 0 spiro atoms. The van der Waals surface area contributed by atoms with Gasteiger partial charge in [-0.3, -0.25) is 0 Å². The molecule has 6 heteroatoms. The summed E-state index contributed by atoms with van der Waals surface area (Å²) in [6.07, 6.45) is 2.03. The molecular formula is C15H19ClFN3O. The summed E-state index contributed by atoms with van der Waals surface area (Å²) in [6.45, 7) is 3.93. The third kappa shape index (κ3) is 3.14. The van der Waals surface area contributed by atoms with Gasteiger partial charge in [0.05, 0.1) is 5.02 Å². The fourth-order valence-corrected chi connectivity index (χ4v) is 3.27. The Morgan fingerprint density at radius 3 is 2.76 bits per heavy atom. The van der Waals surface area contributed by atoms with Gasteiger partial charge in [0.1, 0.15) is 5.82 Å². The molecule has 0 bridgehead atoms. The Balaban J connectivity index is 1.64. The Hall–Kier alpha value is -1.33. The minimum atomic E-state index is -0.426. The van der Waals surface area contributed by atoms with Gasteiger partial charge in [0, 0.05) is 25.7 Å². The second kappa shape index (κ2) is 6.20. The molecule has 1 aromatic carbocycles. The highest BCUT2D eigenvalue weighted by Crippen LogP contribution is 2.22. The van der Waals surface area contributed by atoms with Crippen molar-refractivity contribution in [2.45, 2.75) is 25.4 Å². The second-order valence-corrected chi connectivity index (χ2v) is 6.03. The molecule has 0 atom stereocenters. The summed E-state index contributed by atoms with van der Waals surface area (Å²) in [5.74, 6) is -0.426. The number of nitrogens with zero attached hydrogens (tertiary/aromatic N) is 2. The van der Waals surface area contributed by atoms with Crippen molar-refractivity contribution in [2.24, 2.45) is 0 Å². The van der Waals surface area contributed by atoms with E-state index in [2.05, 4.69) is 5.32 Å². The number of hydrogen-bond donors (Lipinski definition) is 1. The van der Waals surface area contributed by atoms with E-state index in [9.17, 15) is 9.18 Å². The van der Waals surface area contributed by atoms with Crippen molar-refractivity contribution in [3.05, 3.63) is 34.6 Å². The number of halogens is 2. The average molecular weight is 312 g/mol. The Kier molecular flexibility index (Phi) is 4.31. The van der Waals surface area contributed by atoms with E-state index in [1.54, 1.807) is 12.1 Å². The van der Waals surface area contributed by atoms with Gasteiger partial charge >= 0.3 is 6.03 Å². The molecule has 0 aromatic heterocycles. The smallest absolute Gasteiger partial charge is 0.320 e. The van der Waals surface area contributed by atoms with Crippen LogP contribution in [0.4, 0.5) is 9.18 Å². The van der Waals surface area contributed by atoms with Crippen LogP contribution >= 0.6 is 11.6 Å². The van der Waals surface area contributed by atoms with Gasteiger partial charge in [-0.25, -0.2) is 9.18 Å². The lowest BCUT2D eigenvalue weighted by Crippen LogP contribution is -2.45.